The molecule has 0 radical (unpaired) electrons. The van der Waals surface area contributed by atoms with Crippen molar-refractivity contribution in [2.75, 3.05) is 36.2 Å². The van der Waals surface area contributed by atoms with Crippen molar-refractivity contribution in [3.63, 3.8) is 0 Å². The van der Waals surface area contributed by atoms with Crippen LogP contribution in [0.15, 0.2) is 108 Å². The summed E-state index contributed by atoms with van der Waals surface area (Å²) in [7, 11) is 0. The monoisotopic (exact) mass is 973 g/mol. The van der Waals surface area contributed by atoms with Gasteiger partial charge in [-0.1, -0.05) is 80.9 Å². The van der Waals surface area contributed by atoms with Crippen molar-refractivity contribution in [2.24, 2.45) is 5.41 Å². The summed E-state index contributed by atoms with van der Waals surface area (Å²) in [5.41, 5.74) is 3.50. The van der Waals surface area contributed by atoms with Crippen LogP contribution in [0.3, 0.4) is 0 Å². The van der Waals surface area contributed by atoms with E-state index in [2.05, 4.69) is 15.6 Å². The van der Waals surface area contributed by atoms with Gasteiger partial charge in [0.1, 0.15) is 36.0 Å². The summed E-state index contributed by atoms with van der Waals surface area (Å²) in [5.74, 6) is -0.193. The molecular weight excluding hydrogens is 918 g/mol. The topological polar surface area (TPSA) is 191 Å². The number of aromatic nitrogens is 1. The fourth-order valence-corrected chi connectivity index (χ4v) is 9.15. The highest BCUT2D eigenvalue weighted by Gasteiger charge is 2.50. The summed E-state index contributed by atoms with van der Waals surface area (Å²) in [4.78, 5) is 62.9. The van der Waals surface area contributed by atoms with Gasteiger partial charge in [-0.25, -0.2) is 4.98 Å². The van der Waals surface area contributed by atoms with Crippen LogP contribution in [0.4, 0.5) is 11.4 Å². The zero-order valence-electron chi connectivity index (χ0n) is 39.4. The lowest BCUT2D eigenvalue weighted by Gasteiger charge is -2.35. The Morgan fingerprint density at radius 2 is 1.59 bits per heavy atom. The maximum atomic E-state index is 14.0. The normalized spacial score (nSPS) is 17.6. The van der Waals surface area contributed by atoms with Gasteiger partial charge in [-0.3, -0.25) is 24.1 Å². The van der Waals surface area contributed by atoms with Crippen molar-refractivity contribution >= 4 is 63.9 Å². The molecule has 0 aliphatic carbocycles. The number of likely N-dealkylation sites (tertiary alicyclic amines) is 1. The average molecular weight is 975 g/mol. The number of unbranched alkanes of at least 4 members (excludes halogenated alkanes) is 1. The number of nitriles is 1. The number of anilines is 2. The number of oxazole rings is 1. The molecule has 4 atom stereocenters. The van der Waals surface area contributed by atoms with Crippen LogP contribution in [0.25, 0.3) is 22.5 Å². The van der Waals surface area contributed by atoms with Crippen LogP contribution in [0.5, 0.6) is 5.75 Å². The molecule has 2 saturated heterocycles. The second kappa shape index (κ2) is 21.3. The molecule has 4 amide bonds. The van der Waals surface area contributed by atoms with Gasteiger partial charge >= 0.3 is 0 Å². The Morgan fingerprint density at radius 3 is 2.22 bits per heavy atom. The van der Waals surface area contributed by atoms with Gasteiger partial charge in [0.2, 0.25) is 17.7 Å². The van der Waals surface area contributed by atoms with Gasteiger partial charge in [0.05, 0.1) is 41.2 Å². The highest BCUT2D eigenvalue weighted by Crippen LogP contribution is 2.38. The molecule has 17 heteroatoms. The molecule has 2 fully saturated rings. The molecule has 15 nitrogen and oxygen atoms in total. The Labute approximate surface area is 412 Å². The lowest BCUT2D eigenvalue weighted by atomic mass is 9.85. The summed E-state index contributed by atoms with van der Waals surface area (Å²) in [6.07, 6.45) is 3.47. The summed E-state index contributed by atoms with van der Waals surface area (Å²) in [5, 5.41) is 26.3. The average Bonchev–Trinajstić information content (AvgIpc) is 4.05. The number of hydrogen-bond acceptors (Lipinski definition) is 11. The number of hydrogen-bond donors (Lipinski definition) is 3. The third-order valence-electron chi connectivity index (χ3n) is 12.3. The molecule has 4 aromatic carbocycles. The van der Waals surface area contributed by atoms with Gasteiger partial charge in [0, 0.05) is 30.8 Å². The quantitative estimate of drug-likeness (QED) is 0.0602. The standard InChI is InChI=1S/C52H56ClN7O8S/c1-32(33-9-11-36(12-10-33)44-28-55-31-68-44)56-47(63)43-26-40(61)29-58(43)48(64)46(51(2,3)4)57-45(62)30-66-23-7-8-24-67-41-21-16-35(17-22-41)34-13-18-38(19-14-34)60-50(69)59(49(65)52(60,5)6)39-20-15-37(27-54)42(53)25-39/h9-22,25,28,31-32,40,43,46,61H,7-8,23-24,26,29-30H2,1-6H3,(H,56,63)(H,57,62)/t32-,40+,43-,46+/m0/s1. The SMILES string of the molecule is C[C@H](NC(=O)[C@@H]1C[C@@H](O)CN1C(=O)[C@@H](NC(=O)COCCCCOc1ccc(-c2ccc(N3C(=S)N(c4ccc(C#N)c(Cl)c4)C(=O)C3(C)C)cc2)cc1)C(C)(C)C)c1ccc(-c2cnco2)cc1. The number of benzene rings is 4. The molecule has 1 aromatic heterocycles. The number of thiocarbonyl (C=S) groups is 1. The Bertz CT molecular complexity index is 2700. The van der Waals surface area contributed by atoms with E-state index in [4.69, 9.17) is 37.7 Å². The van der Waals surface area contributed by atoms with Gasteiger partial charge < -0.3 is 39.4 Å². The van der Waals surface area contributed by atoms with E-state index < -0.39 is 46.9 Å². The van der Waals surface area contributed by atoms with Crippen LogP contribution in [0.1, 0.15) is 78.0 Å². The third kappa shape index (κ3) is 11.5. The second-order valence-corrected chi connectivity index (χ2v) is 19.5. The molecule has 0 unspecified atom stereocenters. The molecule has 0 spiro atoms. The molecule has 360 valence electrons. The lowest BCUT2D eigenvalue weighted by Crippen LogP contribution is -2.58. The first-order valence-electron chi connectivity index (χ1n) is 22.7. The molecular formula is C52H56ClN7O8S. The number of halogens is 1. The van der Waals surface area contributed by atoms with E-state index in [1.807, 2.05) is 125 Å². The Kier molecular flexibility index (Phi) is 15.5. The van der Waals surface area contributed by atoms with Crippen LogP contribution in [0.2, 0.25) is 5.02 Å². The molecule has 7 rings (SSSR count). The smallest absolute Gasteiger partial charge is 0.259 e. The van der Waals surface area contributed by atoms with Gasteiger partial charge in [-0.05, 0) is 110 Å². The summed E-state index contributed by atoms with van der Waals surface area (Å²) < 4.78 is 17.0. The summed E-state index contributed by atoms with van der Waals surface area (Å²) in [6.45, 7) is 11.4. The molecule has 5 aromatic rings. The predicted octanol–water partition coefficient (Wildman–Crippen LogP) is 8.00. The molecule has 2 aliphatic rings. The minimum absolute atomic E-state index is 0.0326. The van der Waals surface area contributed by atoms with Crippen LogP contribution in [-0.2, 0) is 23.9 Å². The number of nitrogens with one attached hydrogen (secondary N) is 2. The number of carbonyl (C=O) groups is 4. The molecule has 3 N–H and O–H groups in total. The van der Waals surface area contributed by atoms with E-state index >= 15 is 0 Å². The number of carbonyl (C=O) groups excluding carboxylic acids is 4. The predicted molar refractivity (Wildman–Crippen MR) is 266 cm³/mol. The number of aliphatic hydroxyl groups excluding tert-OH is 1. The van der Waals surface area contributed by atoms with Crippen LogP contribution < -0.4 is 25.2 Å². The highest BCUT2D eigenvalue weighted by molar-refractivity contribution is 7.81. The maximum absolute atomic E-state index is 14.0. The van der Waals surface area contributed by atoms with E-state index in [0.717, 1.165) is 27.9 Å². The van der Waals surface area contributed by atoms with E-state index in [1.165, 1.54) is 16.2 Å². The highest BCUT2D eigenvalue weighted by atomic mass is 35.5. The third-order valence-corrected chi connectivity index (χ3v) is 12.9. The Hall–Kier alpha value is -6.64. The molecule has 0 saturated carbocycles. The van der Waals surface area contributed by atoms with Crippen LogP contribution in [-0.4, -0.2) is 93.8 Å². The maximum Gasteiger partial charge on any atom is 0.259 e. The molecule has 2 aliphatic heterocycles. The van der Waals surface area contributed by atoms with Crippen molar-refractivity contribution in [3.8, 4) is 34.3 Å². The first kappa shape index (κ1) is 50.2. The first-order valence-corrected chi connectivity index (χ1v) is 23.5. The van der Waals surface area contributed by atoms with Crippen molar-refractivity contribution in [3.05, 3.63) is 120 Å². The minimum Gasteiger partial charge on any atom is -0.494 e. The van der Waals surface area contributed by atoms with Crippen molar-refractivity contribution < 1.29 is 38.2 Å². The van der Waals surface area contributed by atoms with Crippen molar-refractivity contribution in [2.45, 2.75) is 90.6 Å². The van der Waals surface area contributed by atoms with Gasteiger partial charge in [-0.2, -0.15) is 5.26 Å². The summed E-state index contributed by atoms with van der Waals surface area (Å²) >= 11 is 12.1. The van der Waals surface area contributed by atoms with E-state index in [9.17, 15) is 29.5 Å². The Morgan fingerprint density at radius 1 is 0.957 bits per heavy atom. The van der Waals surface area contributed by atoms with Gasteiger partial charge in [-0.15, -0.1) is 0 Å². The van der Waals surface area contributed by atoms with Gasteiger partial charge in [0.25, 0.3) is 5.91 Å². The first-order chi connectivity index (χ1) is 32.9. The van der Waals surface area contributed by atoms with Crippen molar-refractivity contribution in [1.82, 2.24) is 20.5 Å². The lowest BCUT2D eigenvalue weighted by molar-refractivity contribution is -0.144. The minimum atomic E-state index is -0.975. The van der Waals surface area contributed by atoms with Gasteiger partial charge in [0.15, 0.2) is 17.3 Å². The number of β-amino-alcohol motifs (C(OH)–C–C–N with tert-alkyl or cyclic N) is 1. The number of nitrogens with zero attached hydrogens (tertiary/aromatic N) is 5. The fourth-order valence-electron chi connectivity index (χ4n) is 8.41. The number of rotatable bonds is 17. The second-order valence-electron chi connectivity index (χ2n) is 18.8. The fraction of sp³-hybridized carbons (Fsp3) is 0.365. The van der Waals surface area contributed by atoms with Crippen molar-refractivity contribution in [1.29, 1.82) is 5.26 Å². The molecule has 69 heavy (non-hydrogen) atoms. The van der Waals surface area contributed by atoms with E-state index in [1.54, 1.807) is 24.4 Å². The van der Waals surface area contributed by atoms with E-state index in [-0.39, 0.29) is 36.5 Å². The molecule has 0 bridgehead atoms. The van der Waals surface area contributed by atoms with Crippen LogP contribution >= 0.6 is 23.8 Å². The van der Waals surface area contributed by atoms with Crippen LogP contribution in [0, 0.1) is 16.7 Å². The zero-order valence-corrected chi connectivity index (χ0v) is 41.0. The largest absolute Gasteiger partial charge is 0.494 e. The molecule has 3 heterocycles. The number of amides is 4. The van der Waals surface area contributed by atoms with E-state index in [0.29, 0.717) is 53.9 Å². The Balaban J connectivity index is 0.838. The zero-order chi connectivity index (χ0) is 49.6. The summed E-state index contributed by atoms with van der Waals surface area (Å²) in [6, 6.07) is 27.6. The number of ether oxygens (including phenoxy) is 2. The number of aliphatic hydroxyl groups is 1.